The Morgan fingerprint density at radius 2 is 1.86 bits per heavy atom. The predicted octanol–water partition coefficient (Wildman–Crippen LogP) is 3.74. The summed E-state index contributed by atoms with van der Waals surface area (Å²) in [7, 11) is 1.61. The number of thiophene rings is 1. The zero-order chi connectivity index (χ0) is 27.4. The van der Waals surface area contributed by atoms with Gasteiger partial charge in [0, 0.05) is 23.7 Å². The summed E-state index contributed by atoms with van der Waals surface area (Å²) >= 11 is 0.605. The Balaban J connectivity index is 1.91. The van der Waals surface area contributed by atoms with E-state index in [-0.39, 0.29) is 37.7 Å². The van der Waals surface area contributed by atoms with Gasteiger partial charge in [0.1, 0.15) is 33.3 Å². The molecule has 0 aliphatic heterocycles. The van der Waals surface area contributed by atoms with Crippen molar-refractivity contribution in [1.29, 1.82) is 0 Å². The molecule has 16 heteroatoms. The molecular formula is C21H19F3N8O4S. The molecule has 0 bridgehead atoms. The number of amides is 2. The highest BCUT2D eigenvalue weighted by molar-refractivity contribution is 7.21. The summed E-state index contributed by atoms with van der Waals surface area (Å²) in [5, 5.41) is 21.8. The van der Waals surface area contributed by atoms with Gasteiger partial charge in [0.2, 0.25) is 5.91 Å². The first-order valence-electron chi connectivity index (χ1n) is 10.5. The molecule has 4 aromatic rings. The molecule has 4 heterocycles. The van der Waals surface area contributed by atoms with Crippen LogP contribution in [0.1, 0.15) is 39.7 Å². The van der Waals surface area contributed by atoms with E-state index in [0.29, 0.717) is 22.6 Å². The second-order valence-electron chi connectivity index (χ2n) is 8.15. The van der Waals surface area contributed by atoms with E-state index in [9.17, 15) is 32.9 Å². The Bertz CT molecular complexity index is 1590. The van der Waals surface area contributed by atoms with Gasteiger partial charge in [0.05, 0.1) is 16.8 Å². The fourth-order valence-corrected chi connectivity index (χ4v) is 4.84. The van der Waals surface area contributed by atoms with Gasteiger partial charge in [-0.25, -0.2) is 4.98 Å². The van der Waals surface area contributed by atoms with Crippen molar-refractivity contribution in [3.05, 3.63) is 50.5 Å². The fraction of sp³-hybridized carbons (Fsp3) is 0.286. The van der Waals surface area contributed by atoms with Gasteiger partial charge < -0.3 is 11.1 Å². The third-order valence-corrected chi connectivity index (χ3v) is 7.01. The number of aryl methyl sites for hydroxylation is 1. The average molecular weight is 536 g/mol. The number of rotatable bonds is 6. The number of nitrogens with two attached hydrogens (primary N) is 1. The minimum atomic E-state index is -4.79. The smallest absolute Gasteiger partial charge is 0.365 e. The lowest BCUT2D eigenvalue weighted by atomic mass is 10.0. The Kier molecular flexibility index (Phi) is 6.23. The highest BCUT2D eigenvalue weighted by Gasteiger charge is 2.36. The van der Waals surface area contributed by atoms with Crippen LogP contribution in [0.2, 0.25) is 0 Å². The number of pyridine rings is 1. The van der Waals surface area contributed by atoms with E-state index < -0.39 is 34.6 Å². The van der Waals surface area contributed by atoms with Gasteiger partial charge in [-0.2, -0.15) is 23.4 Å². The summed E-state index contributed by atoms with van der Waals surface area (Å²) in [6, 6.07) is -0.264. The molecular weight excluding hydrogens is 517 g/mol. The third-order valence-electron chi connectivity index (χ3n) is 5.91. The van der Waals surface area contributed by atoms with Crippen LogP contribution in [0.5, 0.6) is 0 Å². The van der Waals surface area contributed by atoms with Crippen molar-refractivity contribution < 1.29 is 27.7 Å². The number of carbonyl (C=O) groups is 2. The van der Waals surface area contributed by atoms with Crippen molar-refractivity contribution in [3.8, 4) is 11.1 Å². The average Bonchev–Trinajstić information content (AvgIpc) is 3.48. The fourth-order valence-electron chi connectivity index (χ4n) is 3.83. The van der Waals surface area contributed by atoms with E-state index in [1.807, 2.05) is 0 Å². The van der Waals surface area contributed by atoms with Crippen molar-refractivity contribution >= 4 is 44.7 Å². The summed E-state index contributed by atoms with van der Waals surface area (Å²) in [6.45, 7) is 4.48. The molecule has 3 N–H and O–H groups in total. The number of nitrogens with one attached hydrogen (secondary N) is 1. The van der Waals surface area contributed by atoms with Gasteiger partial charge >= 0.3 is 11.9 Å². The summed E-state index contributed by atoms with van der Waals surface area (Å²) in [6.07, 6.45) is -2.42. The topological polar surface area (TPSA) is 164 Å². The number of hydrogen-bond donors (Lipinski definition) is 2. The van der Waals surface area contributed by atoms with E-state index in [0.717, 1.165) is 16.9 Å². The quantitative estimate of drug-likeness (QED) is 0.280. The molecule has 2 amide bonds. The van der Waals surface area contributed by atoms with Crippen LogP contribution in [-0.4, -0.2) is 41.3 Å². The van der Waals surface area contributed by atoms with Crippen molar-refractivity contribution in [2.45, 2.75) is 33.0 Å². The van der Waals surface area contributed by atoms with Crippen LogP contribution in [0.3, 0.4) is 0 Å². The van der Waals surface area contributed by atoms with Crippen LogP contribution in [0.15, 0.2) is 18.5 Å². The number of hydrogen-bond acceptors (Lipinski definition) is 8. The van der Waals surface area contributed by atoms with Crippen LogP contribution in [0.4, 0.5) is 24.5 Å². The van der Waals surface area contributed by atoms with Crippen LogP contribution in [0, 0.1) is 24.0 Å². The molecule has 0 aromatic carbocycles. The summed E-state index contributed by atoms with van der Waals surface area (Å²) in [5.74, 6) is -1.73. The SMILES string of the molecule is Cc1c(-c2cc(C(F)(F)F)nc3sc(C(N)=O)c(NC(=O)C(C)n4ncc([N+](=O)[O-])c4C)c23)cnn1C. The first-order valence-corrected chi connectivity index (χ1v) is 11.4. The van der Waals surface area contributed by atoms with Gasteiger partial charge in [-0.1, -0.05) is 0 Å². The van der Waals surface area contributed by atoms with Gasteiger partial charge in [0.15, 0.2) is 0 Å². The minimum Gasteiger partial charge on any atom is -0.365 e. The number of anilines is 1. The maximum absolute atomic E-state index is 13.7. The monoisotopic (exact) mass is 536 g/mol. The second-order valence-corrected chi connectivity index (χ2v) is 9.15. The van der Waals surface area contributed by atoms with E-state index in [4.69, 9.17) is 5.73 Å². The molecule has 1 unspecified atom stereocenters. The number of halogens is 3. The van der Waals surface area contributed by atoms with Crippen LogP contribution < -0.4 is 11.1 Å². The lowest BCUT2D eigenvalue weighted by molar-refractivity contribution is -0.385. The van der Waals surface area contributed by atoms with Crippen LogP contribution in [-0.2, 0) is 18.0 Å². The third kappa shape index (κ3) is 4.39. The van der Waals surface area contributed by atoms with Crippen molar-refractivity contribution in [1.82, 2.24) is 24.5 Å². The predicted molar refractivity (Wildman–Crippen MR) is 127 cm³/mol. The first-order chi connectivity index (χ1) is 17.2. The molecule has 0 saturated heterocycles. The number of alkyl halides is 3. The lowest BCUT2D eigenvalue weighted by Gasteiger charge is -2.16. The zero-order valence-electron chi connectivity index (χ0n) is 19.7. The normalized spacial score (nSPS) is 12.6. The van der Waals surface area contributed by atoms with Crippen LogP contribution in [0.25, 0.3) is 21.3 Å². The van der Waals surface area contributed by atoms with Crippen molar-refractivity contribution in [3.63, 3.8) is 0 Å². The Hall–Kier alpha value is -4.34. The van der Waals surface area contributed by atoms with Crippen molar-refractivity contribution in [2.75, 3.05) is 5.32 Å². The van der Waals surface area contributed by atoms with Gasteiger partial charge in [0.25, 0.3) is 5.91 Å². The molecule has 0 aliphatic carbocycles. The summed E-state index contributed by atoms with van der Waals surface area (Å²) < 4.78 is 43.6. The zero-order valence-corrected chi connectivity index (χ0v) is 20.6. The second kappa shape index (κ2) is 8.95. The molecule has 4 aromatic heterocycles. The largest absolute Gasteiger partial charge is 0.433 e. The number of fused-ring (bicyclic) bond motifs is 1. The maximum Gasteiger partial charge on any atom is 0.433 e. The lowest BCUT2D eigenvalue weighted by Crippen LogP contribution is -2.26. The Morgan fingerprint density at radius 3 is 2.38 bits per heavy atom. The highest BCUT2D eigenvalue weighted by Crippen LogP contribution is 2.44. The van der Waals surface area contributed by atoms with Gasteiger partial charge in [-0.3, -0.25) is 29.1 Å². The number of carbonyl (C=O) groups excluding carboxylic acids is 2. The number of nitrogens with zero attached hydrogens (tertiary/aromatic N) is 6. The molecule has 0 fully saturated rings. The summed E-state index contributed by atoms with van der Waals surface area (Å²) in [4.78, 5) is 39.3. The number of nitro groups is 1. The number of aromatic nitrogens is 5. The Morgan fingerprint density at radius 1 is 1.19 bits per heavy atom. The molecule has 0 saturated carbocycles. The molecule has 0 radical (unpaired) electrons. The highest BCUT2D eigenvalue weighted by atomic mass is 32.1. The minimum absolute atomic E-state index is 0.0422. The molecule has 0 aliphatic rings. The molecule has 12 nitrogen and oxygen atoms in total. The molecule has 37 heavy (non-hydrogen) atoms. The van der Waals surface area contributed by atoms with Crippen LogP contribution >= 0.6 is 11.3 Å². The van der Waals surface area contributed by atoms with E-state index in [2.05, 4.69) is 20.5 Å². The first kappa shape index (κ1) is 25.7. The van der Waals surface area contributed by atoms with Gasteiger partial charge in [-0.15, -0.1) is 11.3 Å². The molecule has 1 atom stereocenters. The molecule has 194 valence electrons. The van der Waals surface area contributed by atoms with E-state index in [1.54, 1.807) is 14.0 Å². The van der Waals surface area contributed by atoms with Crippen molar-refractivity contribution in [2.24, 2.45) is 12.8 Å². The standard InChI is InChI=1S/C21H19F3N8O4S/c1-8-12(6-26-30(8)4)11-5-14(21(22,23)24)28-20-15(11)16(17(37-20)18(25)33)29-19(34)10(3)31-9(2)13(7-27-31)32(35)36/h5-7,10H,1-4H3,(H2,25,33)(H,29,34). The Labute approximate surface area is 210 Å². The summed E-state index contributed by atoms with van der Waals surface area (Å²) in [5.41, 5.74) is 4.91. The molecule has 0 spiro atoms. The maximum atomic E-state index is 13.7. The van der Waals surface area contributed by atoms with E-state index >= 15 is 0 Å². The molecule has 4 rings (SSSR count). The van der Waals surface area contributed by atoms with Gasteiger partial charge in [-0.05, 0) is 32.4 Å². The van der Waals surface area contributed by atoms with E-state index in [1.165, 1.54) is 24.7 Å². The number of primary amides is 1.